The van der Waals surface area contributed by atoms with E-state index in [0.29, 0.717) is 19.5 Å². The van der Waals surface area contributed by atoms with Gasteiger partial charge in [-0.25, -0.2) is 8.42 Å². The topological polar surface area (TPSA) is 46.6 Å². The first-order chi connectivity index (χ1) is 11.1. The van der Waals surface area contributed by atoms with E-state index in [2.05, 4.69) is 0 Å². The van der Waals surface area contributed by atoms with E-state index in [-0.39, 0.29) is 5.75 Å². The molecule has 23 heavy (non-hydrogen) atoms. The van der Waals surface area contributed by atoms with Gasteiger partial charge in [0.2, 0.25) is 10.0 Å². The molecule has 1 heterocycles. The van der Waals surface area contributed by atoms with Crippen molar-refractivity contribution in [1.82, 2.24) is 4.31 Å². The van der Waals surface area contributed by atoms with Crippen molar-refractivity contribution in [2.24, 2.45) is 0 Å². The maximum Gasteiger partial charge on any atom is 0.214 e. The number of fused-ring (bicyclic) bond motifs is 1. The van der Waals surface area contributed by atoms with Crippen molar-refractivity contribution in [3.05, 3.63) is 65.2 Å². The Labute approximate surface area is 137 Å². The molecule has 4 nitrogen and oxygen atoms in total. The van der Waals surface area contributed by atoms with Gasteiger partial charge in [0.1, 0.15) is 5.75 Å². The highest BCUT2D eigenvalue weighted by molar-refractivity contribution is 7.89. The van der Waals surface area contributed by atoms with Crippen LogP contribution >= 0.6 is 0 Å². The zero-order valence-electron chi connectivity index (χ0n) is 13.2. The van der Waals surface area contributed by atoms with Gasteiger partial charge >= 0.3 is 0 Å². The van der Waals surface area contributed by atoms with Crippen LogP contribution in [0.5, 0.6) is 5.75 Å². The van der Waals surface area contributed by atoms with Gasteiger partial charge in [-0.3, -0.25) is 0 Å². The second kappa shape index (κ2) is 6.72. The Morgan fingerprint density at radius 2 is 1.87 bits per heavy atom. The zero-order valence-corrected chi connectivity index (χ0v) is 14.1. The van der Waals surface area contributed by atoms with E-state index in [1.807, 2.05) is 48.5 Å². The van der Waals surface area contributed by atoms with Crippen LogP contribution in [0.25, 0.3) is 0 Å². The summed E-state index contributed by atoms with van der Waals surface area (Å²) >= 11 is 0. The second-order valence-corrected chi connectivity index (χ2v) is 7.86. The molecule has 0 unspecified atom stereocenters. The van der Waals surface area contributed by atoms with E-state index in [1.54, 1.807) is 11.4 Å². The number of sulfonamides is 1. The Balaban J connectivity index is 1.80. The van der Waals surface area contributed by atoms with Gasteiger partial charge in [0.15, 0.2) is 0 Å². The molecule has 0 amide bonds. The van der Waals surface area contributed by atoms with Crippen molar-refractivity contribution in [2.45, 2.75) is 19.4 Å². The number of methoxy groups -OCH3 is 1. The minimum Gasteiger partial charge on any atom is -0.497 e. The number of benzene rings is 2. The Morgan fingerprint density at radius 3 is 2.61 bits per heavy atom. The third kappa shape index (κ3) is 3.74. The average molecular weight is 331 g/mol. The van der Waals surface area contributed by atoms with E-state index < -0.39 is 10.0 Å². The quantitative estimate of drug-likeness (QED) is 0.865. The standard InChI is InChI=1S/C18H21NO3S/c1-22-18-8-7-17-14-19(11-9-15-5-3-2-4-6-15)23(20,21)12-10-16(17)13-18/h2-8,13H,9-12,14H2,1H3. The largest absolute Gasteiger partial charge is 0.497 e. The van der Waals surface area contributed by atoms with Crippen molar-refractivity contribution in [3.8, 4) is 5.75 Å². The predicted octanol–water partition coefficient (Wildman–Crippen LogP) is 2.63. The van der Waals surface area contributed by atoms with Crippen LogP contribution in [-0.4, -0.2) is 32.1 Å². The number of aryl methyl sites for hydroxylation is 1. The highest BCUT2D eigenvalue weighted by Gasteiger charge is 2.26. The van der Waals surface area contributed by atoms with Crippen LogP contribution in [-0.2, 0) is 29.4 Å². The number of hydrogen-bond donors (Lipinski definition) is 0. The highest BCUT2D eigenvalue weighted by Crippen LogP contribution is 2.25. The average Bonchev–Trinajstić information content (AvgIpc) is 2.70. The molecule has 0 fully saturated rings. The minimum atomic E-state index is -3.22. The summed E-state index contributed by atoms with van der Waals surface area (Å²) in [5.74, 6) is 0.931. The summed E-state index contributed by atoms with van der Waals surface area (Å²) in [5, 5.41) is 0. The predicted molar refractivity (Wildman–Crippen MR) is 91.0 cm³/mol. The van der Waals surface area contributed by atoms with E-state index >= 15 is 0 Å². The van der Waals surface area contributed by atoms with Crippen LogP contribution in [0.1, 0.15) is 16.7 Å². The van der Waals surface area contributed by atoms with Crippen LogP contribution in [0, 0.1) is 0 Å². The zero-order chi connectivity index (χ0) is 16.3. The third-order valence-electron chi connectivity index (χ3n) is 4.28. The van der Waals surface area contributed by atoms with Crippen molar-refractivity contribution in [3.63, 3.8) is 0 Å². The molecule has 3 rings (SSSR count). The maximum absolute atomic E-state index is 12.5. The molecule has 1 aliphatic rings. The van der Waals surface area contributed by atoms with Crippen LogP contribution in [0.15, 0.2) is 48.5 Å². The van der Waals surface area contributed by atoms with E-state index in [9.17, 15) is 8.42 Å². The molecule has 1 aliphatic heterocycles. The monoisotopic (exact) mass is 331 g/mol. The number of rotatable bonds is 4. The number of nitrogens with zero attached hydrogens (tertiary/aromatic N) is 1. The molecule has 0 atom stereocenters. The summed E-state index contributed by atoms with van der Waals surface area (Å²) in [4.78, 5) is 0. The van der Waals surface area contributed by atoms with Gasteiger partial charge < -0.3 is 4.74 Å². The van der Waals surface area contributed by atoms with Gasteiger partial charge in [-0.1, -0.05) is 36.4 Å². The van der Waals surface area contributed by atoms with Gasteiger partial charge in [0, 0.05) is 13.1 Å². The van der Waals surface area contributed by atoms with Crippen LogP contribution in [0.4, 0.5) is 0 Å². The molecule has 0 radical (unpaired) electrons. The lowest BCUT2D eigenvalue weighted by Crippen LogP contribution is -2.33. The molecule has 0 saturated carbocycles. The van der Waals surface area contributed by atoms with E-state index in [0.717, 1.165) is 28.9 Å². The summed E-state index contributed by atoms with van der Waals surface area (Å²) < 4.78 is 31.9. The van der Waals surface area contributed by atoms with Crippen molar-refractivity contribution >= 4 is 10.0 Å². The van der Waals surface area contributed by atoms with Crippen molar-refractivity contribution in [2.75, 3.05) is 19.4 Å². The molecule has 5 heteroatoms. The lowest BCUT2D eigenvalue weighted by Gasteiger charge is -2.20. The van der Waals surface area contributed by atoms with Crippen molar-refractivity contribution < 1.29 is 13.2 Å². The molecule has 0 saturated heterocycles. The Morgan fingerprint density at radius 1 is 1.09 bits per heavy atom. The first kappa shape index (κ1) is 16.0. The molecular formula is C18H21NO3S. The van der Waals surface area contributed by atoms with Gasteiger partial charge in [0.25, 0.3) is 0 Å². The van der Waals surface area contributed by atoms with Gasteiger partial charge in [-0.2, -0.15) is 4.31 Å². The molecule has 122 valence electrons. The van der Waals surface area contributed by atoms with E-state index in [4.69, 9.17) is 4.74 Å². The van der Waals surface area contributed by atoms with E-state index in [1.165, 1.54) is 0 Å². The molecule has 0 spiro atoms. The highest BCUT2D eigenvalue weighted by atomic mass is 32.2. The number of hydrogen-bond acceptors (Lipinski definition) is 3. The number of ether oxygens (including phenoxy) is 1. The van der Waals surface area contributed by atoms with Crippen LogP contribution in [0.2, 0.25) is 0 Å². The van der Waals surface area contributed by atoms with Crippen molar-refractivity contribution in [1.29, 1.82) is 0 Å². The Kier molecular flexibility index (Phi) is 4.68. The summed E-state index contributed by atoms with van der Waals surface area (Å²) in [6, 6.07) is 15.8. The molecule has 2 aromatic carbocycles. The molecule has 0 aromatic heterocycles. The summed E-state index contributed by atoms with van der Waals surface area (Å²) in [6.07, 6.45) is 1.27. The third-order valence-corrected chi connectivity index (χ3v) is 6.09. The summed E-state index contributed by atoms with van der Waals surface area (Å²) in [5.41, 5.74) is 3.29. The lowest BCUT2D eigenvalue weighted by atomic mass is 10.0. The summed E-state index contributed by atoms with van der Waals surface area (Å²) in [7, 11) is -1.60. The molecule has 0 bridgehead atoms. The van der Waals surface area contributed by atoms with Gasteiger partial charge in [0.05, 0.1) is 12.9 Å². The molecular weight excluding hydrogens is 310 g/mol. The molecule has 2 aromatic rings. The fourth-order valence-corrected chi connectivity index (χ4v) is 4.33. The maximum atomic E-state index is 12.5. The Bertz CT molecular complexity index is 772. The summed E-state index contributed by atoms with van der Waals surface area (Å²) in [6.45, 7) is 0.951. The fraction of sp³-hybridized carbons (Fsp3) is 0.333. The van der Waals surface area contributed by atoms with Gasteiger partial charge in [-0.15, -0.1) is 0 Å². The minimum absolute atomic E-state index is 0.155. The first-order valence-electron chi connectivity index (χ1n) is 7.76. The smallest absolute Gasteiger partial charge is 0.214 e. The van der Waals surface area contributed by atoms with Crippen LogP contribution < -0.4 is 4.74 Å². The SMILES string of the molecule is COc1ccc2c(c1)CCS(=O)(=O)N(CCc1ccccc1)C2. The molecule has 0 aliphatic carbocycles. The first-order valence-corrected chi connectivity index (χ1v) is 9.37. The van der Waals surface area contributed by atoms with Crippen LogP contribution in [0.3, 0.4) is 0 Å². The molecule has 0 N–H and O–H groups in total. The second-order valence-electron chi connectivity index (χ2n) is 5.77. The lowest BCUT2D eigenvalue weighted by molar-refractivity contribution is 0.409. The normalized spacial score (nSPS) is 17.3. The van der Waals surface area contributed by atoms with Gasteiger partial charge in [-0.05, 0) is 41.7 Å². The fourth-order valence-electron chi connectivity index (χ4n) is 2.89. The Hall–Kier alpha value is -1.85.